The molecule has 1 heteroatoms. The first kappa shape index (κ1) is 16.0. The Bertz CT molecular complexity index is 617. The van der Waals surface area contributed by atoms with Crippen LogP contribution in [-0.4, -0.2) is 12.1 Å². The van der Waals surface area contributed by atoms with E-state index in [1.165, 1.54) is 21.9 Å². The van der Waals surface area contributed by atoms with Crippen molar-refractivity contribution in [2.45, 2.75) is 58.9 Å². The maximum absolute atomic E-state index is 3.62. The lowest BCUT2D eigenvalue weighted by atomic mass is 9.76. The van der Waals surface area contributed by atoms with Crippen LogP contribution in [0.3, 0.4) is 0 Å². The first-order valence-corrected chi connectivity index (χ1v) is 7.95. The Morgan fingerprint density at radius 2 is 1.57 bits per heavy atom. The van der Waals surface area contributed by atoms with Crippen molar-refractivity contribution in [3.8, 4) is 0 Å². The molecule has 1 N–H and O–H groups in total. The van der Waals surface area contributed by atoms with E-state index in [0.29, 0.717) is 0 Å². The molecule has 0 amide bonds. The number of aryl methyl sites for hydroxylation is 1. The van der Waals surface area contributed by atoms with E-state index in [1.807, 2.05) is 0 Å². The van der Waals surface area contributed by atoms with Gasteiger partial charge in [0.2, 0.25) is 0 Å². The quantitative estimate of drug-likeness (QED) is 0.812. The SMILES string of the molecule is Cc1ccc2ccccc2c1C(C)(C)CCNC(C)(C)C. The molecule has 0 aliphatic rings. The van der Waals surface area contributed by atoms with E-state index in [2.05, 4.69) is 83.3 Å². The monoisotopic (exact) mass is 283 g/mol. The summed E-state index contributed by atoms with van der Waals surface area (Å²) >= 11 is 0. The molecule has 2 rings (SSSR count). The van der Waals surface area contributed by atoms with Crippen LogP contribution in [-0.2, 0) is 5.41 Å². The van der Waals surface area contributed by atoms with Gasteiger partial charge in [-0.1, -0.05) is 50.2 Å². The van der Waals surface area contributed by atoms with Crippen molar-refractivity contribution < 1.29 is 0 Å². The van der Waals surface area contributed by atoms with E-state index in [1.54, 1.807) is 0 Å². The van der Waals surface area contributed by atoms with Gasteiger partial charge >= 0.3 is 0 Å². The topological polar surface area (TPSA) is 12.0 Å². The van der Waals surface area contributed by atoms with E-state index in [4.69, 9.17) is 0 Å². The van der Waals surface area contributed by atoms with Crippen LogP contribution in [0.5, 0.6) is 0 Å². The average molecular weight is 283 g/mol. The summed E-state index contributed by atoms with van der Waals surface area (Å²) in [5, 5.41) is 6.36. The number of nitrogens with one attached hydrogen (secondary N) is 1. The molecule has 0 bridgehead atoms. The lowest BCUT2D eigenvalue weighted by molar-refractivity contribution is 0.380. The molecule has 0 unspecified atom stereocenters. The van der Waals surface area contributed by atoms with Crippen LogP contribution in [0.25, 0.3) is 10.8 Å². The Balaban J connectivity index is 2.33. The predicted molar refractivity (Wildman–Crippen MR) is 94.1 cm³/mol. The predicted octanol–water partition coefficient (Wildman–Crippen LogP) is 5.20. The molecule has 0 aliphatic heterocycles. The van der Waals surface area contributed by atoms with Gasteiger partial charge in [-0.05, 0) is 68.0 Å². The van der Waals surface area contributed by atoms with Gasteiger partial charge in [-0.15, -0.1) is 0 Å². The lowest BCUT2D eigenvalue weighted by Gasteiger charge is -2.31. The summed E-state index contributed by atoms with van der Waals surface area (Å²) in [6.45, 7) is 14.7. The number of hydrogen-bond acceptors (Lipinski definition) is 1. The maximum atomic E-state index is 3.62. The Kier molecular flexibility index (Phi) is 4.43. The van der Waals surface area contributed by atoms with E-state index in [0.717, 1.165) is 13.0 Å². The van der Waals surface area contributed by atoms with Crippen molar-refractivity contribution in [3.05, 3.63) is 47.5 Å². The summed E-state index contributed by atoms with van der Waals surface area (Å²) < 4.78 is 0. The molecular weight excluding hydrogens is 254 g/mol. The van der Waals surface area contributed by atoms with Gasteiger partial charge in [0.25, 0.3) is 0 Å². The average Bonchev–Trinajstić information content (AvgIpc) is 2.36. The summed E-state index contributed by atoms with van der Waals surface area (Å²) in [6.07, 6.45) is 1.14. The molecule has 114 valence electrons. The van der Waals surface area contributed by atoms with Gasteiger partial charge in [-0.25, -0.2) is 0 Å². The molecule has 0 aromatic heterocycles. The van der Waals surface area contributed by atoms with Gasteiger partial charge in [0.05, 0.1) is 0 Å². The zero-order chi connectivity index (χ0) is 15.7. The second-order valence-electron chi connectivity index (χ2n) is 7.79. The number of fused-ring (bicyclic) bond motifs is 1. The number of benzene rings is 2. The highest BCUT2D eigenvalue weighted by atomic mass is 14.9. The van der Waals surface area contributed by atoms with Crippen molar-refractivity contribution in [1.82, 2.24) is 5.32 Å². The van der Waals surface area contributed by atoms with Crippen LogP contribution in [0.15, 0.2) is 36.4 Å². The second-order valence-corrected chi connectivity index (χ2v) is 7.79. The molecular formula is C20H29N. The largest absolute Gasteiger partial charge is 0.312 e. The maximum Gasteiger partial charge on any atom is 0.00965 e. The Hall–Kier alpha value is -1.34. The molecule has 0 radical (unpaired) electrons. The zero-order valence-electron chi connectivity index (χ0n) is 14.4. The lowest BCUT2D eigenvalue weighted by Crippen LogP contribution is -2.38. The van der Waals surface area contributed by atoms with Crippen LogP contribution in [0, 0.1) is 6.92 Å². The fourth-order valence-electron chi connectivity index (χ4n) is 3.15. The van der Waals surface area contributed by atoms with E-state index >= 15 is 0 Å². The molecule has 0 atom stereocenters. The summed E-state index contributed by atoms with van der Waals surface area (Å²) in [5.41, 5.74) is 3.25. The number of rotatable bonds is 4. The molecule has 0 aliphatic carbocycles. The summed E-state index contributed by atoms with van der Waals surface area (Å²) in [4.78, 5) is 0. The van der Waals surface area contributed by atoms with E-state index in [-0.39, 0.29) is 11.0 Å². The zero-order valence-corrected chi connectivity index (χ0v) is 14.4. The van der Waals surface area contributed by atoms with Crippen LogP contribution in [0.2, 0.25) is 0 Å². The summed E-state index contributed by atoms with van der Waals surface area (Å²) in [6, 6.07) is 13.2. The smallest absolute Gasteiger partial charge is 0.00965 e. The highest BCUT2D eigenvalue weighted by Crippen LogP contribution is 2.35. The third-order valence-corrected chi connectivity index (χ3v) is 4.22. The van der Waals surface area contributed by atoms with Crippen LogP contribution in [0.1, 0.15) is 52.2 Å². The van der Waals surface area contributed by atoms with Gasteiger partial charge in [-0.3, -0.25) is 0 Å². The summed E-state index contributed by atoms with van der Waals surface area (Å²) in [5.74, 6) is 0. The van der Waals surface area contributed by atoms with Gasteiger partial charge < -0.3 is 5.32 Å². The van der Waals surface area contributed by atoms with Crippen molar-refractivity contribution in [1.29, 1.82) is 0 Å². The molecule has 1 nitrogen and oxygen atoms in total. The molecule has 0 spiro atoms. The van der Waals surface area contributed by atoms with Gasteiger partial charge in [0.1, 0.15) is 0 Å². The highest BCUT2D eigenvalue weighted by molar-refractivity contribution is 5.87. The Labute approximate surface area is 129 Å². The van der Waals surface area contributed by atoms with E-state index < -0.39 is 0 Å². The third kappa shape index (κ3) is 3.85. The fraction of sp³-hybridized carbons (Fsp3) is 0.500. The molecule has 2 aromatic rings. The third-order valence-electron chi connectivity index (χ3n) is 4.22. The molecule has 0 heterocycles. The van der Waals surface area contributed by atoms with Crippen molar-refractivity contribution in [3.63, 3.8) is 0 Å². The second kappa shape index (κ2) is 5.81. The first-order valence-electron chi connectivity index (χ1n) is 7.95. The molecule has 2 aromatic carbocycles. The first-order chi connectivity index (χ1) is 9.71. The highest BCUT2D eigenvalue weighted by Gasteiger charge is 2.25. The van der Waals surface area contributed by atoms with Crippen LogP contribution in [0.4, 0.5) is 0 Å². The Morgan fingerprint density at radius 1 is 0.905 bits per heavy atom. The fourth-order valence-corrected chi connectivity index (χ4v) is 3.15. The standard InChI is InChI=1S/C20H29N/c1-15-11-12-16-9-7-8-10-17(16)18(15)20(5,6)13-14-21-19(2,3)4/h7-12,21H,13-14H2,1-6H3. The normalized spacial score (nSPS) is 12.9. The minimum Gasteiger partial charge on any atom is -0.312 e. The molecule has 0 fully saturated rings. The molecule has 0 saturated carbocycles. The van der Waals surface area contributed by atoms with Crippen molar-refractivity contribution in [2.24, 2.45) is 0 Å². The van der Waals surface area contributed by atoms with Gasteiger partial charge in [0, 0.05) is 5.54 Å². The van der Waals surface area contributed by atoms with Crippen LogP contribution < -0.4 is 5.32 Å². The van der Waals surface area contributed by atoms with Crippen LogP contribution >= 0.6 is 0 Å². The van der Waals surface area contributed by atoms with Gasteiger partial charge in [0.15, 0.2) is 0 Å². The van der Waals surface area contributed by atoms with Crippen molar-refractivity contribution in [2.75, 3.05) is 6.54 Å². The van der Waals surface area contributed by atoms with Gasteiger partial charge in [-0.2, -0.15) is 0 Å². The van der Waals surface area contributed by atoms with Crippen molar-refractivity contribution >= 4 is 10.8 Å². The molecule has 21 heavy (non-hydrogen) atoms. The minimum absolute atomic E-state index is 0.170. The minimum atomic E-state index is 0.170. The summed E-state index contributed by atoms with van der Waals surface area (Å²) in [7, 11) is 0. The Morgan fingerprint density at radius 3 is 2.24 bits per heavy atom. The van der Waals surface area contributed by atoms with E-state index in [9.17, 15) is 0 Å². The number of hydrogen-bond donors (Lipinski definition) is 1. The molecule has 0 saturated heterocycles.